The molecule has 1 saturated carbocycles. The van der Waals surface area contributed by atoms with Gasteiger partial charge in [0.2, 0.25) is 0 Å². The van der Waals surface area contributed by atoms with Crippen molar-refractivity contribution in [2.24, 2.45) is 5.41 Å². The Labute approximate surface area is 103 Å². The number of anilines is 1. The van der Waals surface area contributed by atoms with Crippen molar-refractivity contribution < 1.29 is 0 Å². The van der Waals surface area contributed by atoms with Crippen LogP contribution >= 0.6 is 0 Å². The van der Waals surface area contributed by atoms with Crippen LogP contribution in [-0.4, -0.2) is 18.5 Å². The molecule has 1 fully saturated rings. The lowest BCUT2D eigenvalue weighted by molar-refractivity contribution is 0.258. The fourth-order valence-corrected chi connectivity index (χ4v) is 2.37. The average Bonchev–Trinajstić information content (AvgIpc) is 2.97. The van der Waals surface area contributed by atoms with Gasteiger partial charge in [0, 0.05) is 25.2 Å². The van der Waals surface area contributed by atoms with Crippen molar-refractivity contribution in [3.8, 4) is 6.07 Å². The molecule has 2 rings (SSSR count). The van der Waals surface area contributed by atoms with E-state index in [1.54, 1.807) is 0 Å². The minimum atomic E-state index is 0.282. The van der Waals surface area contributed by atoms with Gasteiger partial charge < -0.3 is 10.6 Å². The Kier molecular flexibility index (Phi) is 3.35. The molecule has 0 heterocycles. The highest BCUT2D eigenvalue weighted by Crippen LogP contribution is 2.49. The zero-order chi connectivity index (χ0) is 12.3. The number of nitrogen functional groups attached to an aromatic ring is 1. The van der Waals surface area contributed by atoms with Gasteiger partial charge in [-0.05, 0) is 43.0 Å². The lowest BCUT2D eigenvalue weighted by Crippen LogP contribution is -2.26. The largest absolute Gasteiger partial charge is 0.399 e. The third-order valence-electron chi connectivity index (χ3n) is 3.42. The summed E-state index contributed by atoms with van der Waals surface area (Å²) in [7, 11) is 2.11. The summed E-state index contributed by atoms with van der Waals surface area (Å²) in [6.45, 7) is 1.91. The molecular weight excluding hydrogens is 210 g/mol. The van der Waals surface area contributed by atoms with E-state index in [1.807, 2.05) is 18.2 Å². The normalized spacial score (nSPS) is 16.8. The molecule has 0 aliphatic heterocycles. The van der Waals surface area contributed by atoms with Gasteiger partial charge in [0.1, 0.15) is 0 Å². The number of hydrogen-bond acceptors (Lipinski definition) is 3. The van der Waals surface area contributed by atoms with Crippen molar-refractivity contribution in [2.75, 3.05) is 19.3 Å². The molecule has 2 N–H and O–H groups in total. The maximum atomic E-state index is 8.80. The molecular formula is C14H19N3. The van der Waals surface area contributed by atoms with Gasteiger partial charge in [0.05, 0.1) is 6.07 Å². The zero-order valence-corrected chi connectivity index (χ0v) is 10.3. The van der Waals surface area contributed by atoms with Crippen LogP contribution in [0.4, 0.5) is 5.69 Å². The van der Waals surface area contributed by atoms with E-state index in [9.17, 15) is 0 Å². The van der Waals surface area contributed by atoms with Crippen LogP contribution in [-0.2, 0) is 6.54 Å². The first kappa shape index (κ1) is 11.9. The lowest BCUT2D eigenvalue weighted by atomic mass is 10.0. The molecule has 0 atom stereocenters. The summed E-state index contributed by atoms with van der Waals surface area (Å²) in [5, 5.41) is 8.80. The molecule has 3 nitrogen and oxygen atoms in total. The molecule has 0 bridgehead atoms. The fourth-order valence-electron chi connectivity index (χ4n) is 2.37. The quantitative estimate of drug-likeness (QED) is 0.789. The van der Waals surface area contributed by atoms with Gasteiger partial charge in [-0.25, -0.2) is 0 Å². The smallest absolute Gasteiger partial charge is 0.0628 e. The summed E-state index contributed by atoms with van der Waals surface area (Å²) in [6, 6.07) is 10.3. The van der Waals surface area contributed by atoms with Gasteiger partial charge in [-0.15, -0.1) is 0 Å². The van der Waals surface area contributed by atoms with Gasteiger partial charge in [0.25, 0.3) is 0 Å². The standard InChI is InChI=1S/C14H19N3/c1-17(11-14(5-6-14)7-8-15)10-12-3-2-4-13(16)9-12/h2-4,9H,5-7,10-11,16H2,1H3. The van der Waals surface area contributed by atoms with Gasteiger partial charge in [0.15, 0.2) is 0 Å². The molecule has 0 radical (unpaired) electrons. The van der Waals surface area contributed by atoms with Crippen molar-refractivity contribution in [1.29, 1.82) is 5.26 Å². The SMILES string of the molecule is CN(Cc1cccc(N)c1)CC1(CC#N)CC1. The summed E-state index contributed by atoms with van der Waals surface area (Å²) in [6.07, 6.45) is 3.08. The Morgan fingerprint density at radius 2 is 2.24 bits per heavy atom. The number of hydrogen-bond donors (Lipinski definition) is 1. The molecule has 1 aromatic rings. The predicted octanol–water partition coefficient (Wildman–Crippen LogP) is 2.39. The van der Waals surface area contributed by atoms with Crippen LogP contribution in [0, 0.1) is 16.7 Å². The second kappa shape index (κ2) is 4.77. The van der Waals surface area contributed by atoms with Gasteiger partial charge in [-0.1, -0.05) is 12.1 Å². The van der Waals surface area contributed by atoms with Gasteiger partial charge in [-0.2, -0.15) is 5.26 Å². The Morgan fingerprint density at radius 1 is 1.47 bits per heavy atom. The minimum Gasteiger partial charge on any atom is -0.399 e. The van der Waals surface area contributed by atoms with E-state index in [2.05, 4.69) is 24.1 Å². The number of nitriles is 1. The minimum absolute atomic E-state index is 0.282. The zero-order valence-electron chi connectivity index (χ0n) is 10.3. The molecule has 0 unspecified atom stereocenters. The summed E-state index contributed by atoms with van der Waals surface area (Å²) < 4.78 is 0. The first-order valence-electron chi connectivity index (χ1n) is 6.03. The highest BCUT2D eigenvalue weighted by atomic mass is 15.1. The topological polar surface area (TPSA) is 53.0 Å². The van der Waals surface area contributed by atoms with E-state index in [0.717, 1.165) is 18.8 Å². The molecule has 3 heteroatoms. The van der Waals surface area contributed by atoms with Crippen LogP contribution in [0.3, 0.4) is 0 Å². The third-order valence-corrected chi connectivity index (χ3v) is 3.42. The van der Waals surface area contributed by atoms with Gasteiger partial charge >= 0.3 is 0 Å². The molecule has 17 heavy (non-hydrogen) atoms. The summed E-state index contributed by atoms with van der Waals surface area (Å²) in [5.41, 5.74) is 8.09. The van der Waals surface area contributed by atoms with Crippen LogP contribution in [0.15, 0.2) is 24.3 Å². The highest BCUT2D eigenvalue weighted by Gasteiger charge is 2.42. The van der Waals surface area contributed by atoms with E-state index < -0.39 is 0 Å². The van der Waals surface area contributed by atoms with E-state index >= 15 is 0 Å². The monoisotopic (exact) mass is 229 g/mol. The molecule has 0 spiro atoms. The summed E-state index contributed by atoms with van der Waals surface area (Å²) in [5.74, 6) is 0. The maximum Gasteiger partial charge on any atom is 0.0628 e. The Hall–Kier alpha value is -1.53. The first-order valence-corrected chi connectivity index (χ1v) is 6.03. The first-order chi connectivity index (χ1) is 8.13. The molecule has 0 saturated heterocycles. The van der Waals surface area contributed by atoms with Crippen LogP contribution in [0.5, 0.6) is 0 Å². The number of nitrogens with two attached hydrogens (primary N) is 1. The van der Waals surface area contributed by atoms with Crippen molar-refractivity contribution in [2.45, 2.75) is 25.8 Å². The summed E-state index contributed by atoms with van der Waals surface area (Å²) in [4.78, 5) is 2.29. The van der Waals surface area contributed by atoms with E-state index in [0.29, 0.717) is 6.42 Å². The van der Waals surface area contributed by atoms with E-state index in [4.69, 9.17) is 11.0 Å². The third kappa shape index (κ3) is 3.21. The van der Waals surface area contributed by atoms with E-state index in [-0.39, 0.29) is 5.41 Å². The Morgan fingerprint density at radius 3 is 2.82 bits per heavy atom. The summed E-state index contributed by atoms with van der Waals surface area (Å²) >= 11 is 0. The highest BCUT2D eigenvalue weighted by molar-refractivity contribution is 5.40. The van der Waals surface area contributed by atoms with Crippen molar-refractivity contribution in [3.63, 3.8) is 0 Å². The van der Waals surface area contributed by atoms with Crippen LogP contribution in [0.1, 0.15) is 24.8 Å². The molecule has 1 aliphatic carbocycles. The van der Waals surface area contributed by atoms with Crippen molar-refractivity contribution >= 4 is 5.69 Å². The van der Waals surface area contributed by atoms with Crippen LogP contribution < -0.4 is 5.73 Å². The molecule has 90 valence electrons. The fraction of sp³-hybridized carbons (Fsp3) is 0.500. The van der Waals surface area contributed by atoms with Crippen LogP contribution in [0.2, 0.25) is 0 Å². The second-order valence-corrected chi connectivity index (χ2v) is 5.25. The van der Waals surface area contributed by atoms with Gasteiger partial charge in [-0.3, -0.25) is 0 Å². The molecule has 0 amide bonds. The van der Waals surface area contributed by atoms with Crippen LogP contribution in [0.25, 0.3) is 0 Å². The molecule has 1 aliphatic rings. The predicted molar refractivity (Wildman–Crippen MR) is 69.1 cm³/mol. The average molecular weight is 229 g/mol. The second-order valence-electron chi connectivity index (χ2n) is 5.25. The molecule has 0 aromatic heterocycles. The maximum absolute atomic E-state index is 8.80. The molecule has 1 aromatic carbocycles. The Balaban J connectivity index is 1.90. The number of nitrogens with zero attached hydrogens (tertiary/aromatic N) is 2. The lowest BCUT2D eigenvalue weighted by Gasteiger charge is -2.22. The number of rotatable bonds is 5. The van der Waals surface area contributed by atoms with E-state index in [1.165, 1.54) is 18.4 Å². The Bertz CT molecular complexity index is 429. The van der Waals surface area contributed by atoms with Crippen molar-refractivity contribution in [3.05, 3.63) is 29.8 Å². The van der Waals surface area contributed by atoms with Crippen molar-refractivity contribution in [1.82, 2.24) is 4.90 Å². The number of benzene rings is 1.